The summed E-state index contributed by atoms with van der Waals surface area (Å²) < 4.78 is 25.8. The minimum Gasteiger partial charge on any atom is -0.357 e. The molecule has 1 aliphatic carbocycles. The van der Waals surface area contributed by atoms with Gasteiger partial charge in [-0.15, -0.1) is 0 Å². The maximum atomic E-state index is 11.7. The van der Waals surface area contributed by atoms with Crippen molar-refractivity contribution in [3.8, 4) is 0 Å². The molecule has 158 valence electrons. The molecule has 0 radical (unpaired) electrons. The lowest BCUT2D eigenvalue weighted by atomic mass is 9.81. The molecular weight excluding hydrogens is 372 g/mol. The second-order valence-corrected chi connectivity index (χ2v) is 9.76. The SMILES string of the molecule is CCNC(=NCc1cccc(CS(=O)(=O)NC)c1)NCCC1CCCC(C)C1. The normalized spacial score (nSPS) is 20.8. The molecular formula is C21H36N4O2S. The number of guanidine groups is 1. The Hall–Kier alpha value is -1.60. The van der Waals surface area contributed by atoms with Crippen molar-refractivity contribution in [3.63, 3.8) is 0 Å². The number of nitrogens with zero attached hydrogens (tertiary/aromatic N) is 1. The van der Waals surface area contributed by atoms with Crippen LogP contribution in [0.15, 0.2) is 29.3 Å². The molecule has 0 saturated heterocycles. The third kappa shape index (κ3) is 8.19. The highest BCUT2D eigenvalue weighted by Gasteiger charge is 2.18. The summed E-state index contributed by atoms with van der Waals surface area (Å²) in [5.74, 6) is 2.49. The van der Waals surface area contributed by atoms with Crippen molar-refractivity contribution in [3.05, 3.63) is 35.4 Å². The summed E-state index contributed by atoms with van der Waals surface area (Å²) in [6.45, 7) is 6.68. The van der Waals surface area contributed by atoms with E-state index in [0.717, 1.165) is 42.0 Å². The molecule has 6 nitrogen and oxygen atoms in total. The predicted octanol–water partition coefficient (Wildman–Crippen LogP) is 3.01. The van der Waals surface area contributed by atoms with Gasteiger partial charge in [-0.1, -0.05) is 50.5 Å². The first-order valence-electron chi connectivity index (χ1n) is 10.4. The van der Waals surface area contributed by atoms with Crippen molar-refractivity contribution < 1.29 is 8.42 Å². The number of hydrogen-bond acceptors (Lipinski definition) is 3. The van der Waals surface area contributed by atoms with Gasteiger partial charge in [-0.25, -0.2) is 18.1 Å². The Balaban J connectivity index is 1.89. The molecule has 7 heteroatoms. The van der Waals surface area contributed by atoms with Gasteiger partial charge in [0.05, 0.1) is 12.3 Å². The van der Waals surface area contributed by atoms with Crippen molar-refractivity contribution in [1.82, 2.24) is 15.4 Å². The highest BCUT2D eigenvalue weighted by atomic mass is 32.2. The van der Waals surface area contributed by atoms with Gasteiger partial charge in [-0.3, -0.25) is 0 Å². The minimum atomic E-state index is -3.27. The standard InChI is InChI=1S/C21H36N4O2S/c1-4-23-21(24-12-11-18-8-5-7-17(2)13-18)25-15-19-9-6-10-20(14-19)16-28(26,27)22-3/h6,9-10,14,17-18,22H,4-5,7-8,11-13,15-16H2,1-3H3,(H2,23,24,25). The van der Waals surface area contributed by atoms with Crippen molar-refractivity contribution in [1.29, 1.82) is 0 Å². The van der Waals surface area contributed by atoms with E-state index in [4.69, 9.17) is 0 Å². The van der Waals surface area contributed by atoms with Crippen molar-refractivity contribution in [2.45, 2.75) is 58.2 Å². The van der Waals surface area contributed by atoms with E-state index >= 15 is 0 Å². The van der Waals surface area contributed by atoms with Crippen LogP contribution in [0, 0.1) is 11.8 Å². The summed E-state index contributed by atoms with van der Waals surface area (Å²) in [7, 11) is -1.83. The number of hydrogen-bond donors (Lipinski definition) is 3. The number of sulfonamides is 1. The molecule has 3 N–H and O–H groups in total. The number of rotatable bonds is 9. The molecule has 2 atom stereocenters. The first kappa shape index (κ1) is 22.7. The lowest BCUT2D eigenvalue weighted by Crippen LogP contribution is -2.38. The van der Waals surface area contributed by atoms with Crippen molar-refractivity contribution >= 4 is 16.0 Å². The van der Waals surface area contributed by atoms with E-state index in [-0.39, 0.29) is 5.75 Å². The lowest BCUT2D eigenvalue weighted by Gasteiger charge is -2.26. The molecule has 0 bridgehead atoms. The Kier molecular flexibility index (Phi) is 9.25. The summed E-state index contributed by atoms with van der Waals surface area (Å²) in [4.78, 5) is 4.67. The van der Waals surface area contributed by atoms with E-state index in [9.17, 15) is 8.42 Å². The van der Waals surface area contributed by atoms with Crippen LogP contribution in [0.5, 0.6) is 0 Å². The first-order valence-corrected chi connectivity index (χ1v) is 12.1. The van der Waals surface area contributed by atoms with E-state index < -0.39 is 10.0 Å². The molecule has 1 fully saturated rings. The maximum Gasteiger partial charge on any atom is 0.215 e. The van der Waals surface area contributed by atoms with E-state index in [1.54, 1.807) is 0 Å². The largest absolute Gasteiger partial charge is 0.357 e. The molecule has 28 heavy (non-hydrogen) atoms. The molecule has 2 unspecified atom stereocenters. The molecule has 1 aromatic carbocycles. The second kappa shape index (κ2) is 11.4. The van der Waals surface area contributed by atoms with Crippen LogP contribution in [0.4, 0.5) is 0 Å². The molecule has 0 spiro atoms. The highest BCUT2D eigenvalue weighted by Crippen LogP contribution is 2.30. The van der Waals surface area contributed by atoms with Gasteiger partial charge in [-0.05, 0) is 49.8 Å². The zero-order valence-corrected chi connectivity index (χ0v) is 18.3. The van der Waals surface area contributed by atoms with Gasteiger partial charge in [0, 0.05) is 13.1 Å². The van der Waals surface area contributed by atoms with E-state index in [1.165, 1.54) is 39.2 Å². The predicted molar refractivity (Wildman–Crippen MR) is 117 cm³/mol. The van der Waals surface area contributed by atoms with E-state index in [1.807, 2.05) is 24.3 Å². The zero-order chi connectivity index (χ0) is 20.4. The quantitative estimate of drug-likeness (QED) is 0.433. The molecule has 0 aliphatic heterocycles. The fourth-order valence-corrected chi connectivity index (χ4v) is 4.60. The van der Waals surface area contributed by atoms with Gasteiger partial charge in [-0.2, -0.15) is 0 Å². The van der Waals surface area contributed by atoms with E-state index in [2.05, 4.69) is 34.2 Å². The van der Waals surface area contributed by atoms with Crippen molar-refractivity contribution in [2.75, 3.05) is 20.1 Å². The van der Waals surface area contributed by atoms with Gasteiger partial charge in [0.25, 0.3) is 0 Å². The van der Waals surface area contributed by atoms with Crippen LogP contribution < -0.4 is 15.4 Å². The third-order valence-electron chi connectivity index (χ3n) is 5.31. The summed E-state index contributed by atoms with van der Waals surface area (Å²) in [5.41, 5.74) is 1.77. The highest BCUT2D eigenvalue weighted by molar-refractivity contribution is 7.88. The fraction of sp³-hybridized carbons (Fsp3) is 0.667. The lowest BCUT2D eigenvalue weighted by molar-refractivity contribution is 0.270. The second-order valence-electron chi connectivity index (χ2n) is 7.83. The maximum absolute atomic E-state index is 11.7. The molecule has 2 rings (SSSR count). The molecule has 0 aromatic heterocycles. The Bertz CT molecular complexity index is 734. The van der Waals surface area contributed by atoms with Gasteiger partial charge in [0.15, 0.2) is 5.96 Å². The summed E-state index contributed by atoms with van der Waals surface area (Å²) in [5, 5.41) is 6.74. The molecule has 0 heterocycles. The molecule has 1 aliphatic rings. The molecule has 0 amide bonds. The van der Waals surface area contributed by atoms with Gasteiger partial charge in [0.2, 0.25) is 10.0 Å². The summed E-state index contributed by atoms with van der Waals surface area (Å²) >= 11 is 0. The fourth-order valence-electron chi connectivity index (χ4n) is 3.84. The van der Waals surface area contributed by atoms with E-state index in [0.29, 0.717) is 6.54 Å². The summed E-state index contributed by atoms with van der Waals surface area (Å²) in [6.07, 6.45) is 6.62. The molecule has 1 saturated carbocycles. The van der Waals surface area contributed by atoms with Crippen LogP contribution in [0.3, 0.4) is 0 Å². The third-order valence-corrected chi connectivity index (χ3v) is 6.65. The number of nitrogens with one attached hydrogen (secondary N) is 3. The van der Waals surface area contributed by atoms with Crippen LogP contribution in [0.2, 0.25) is 0 Å². The number of benzene rings is 1. The van der Waals surface area contributed by atoms with Gasteiger partial charge in [0.1, 0.15) is 0 Å². The Morgan fingerprint density at radius 1 is 1.21 bits per heavy atom. The number of aliphatic imine (C=N–C) groups is 1. The zero-order valence-electron chi connectivity index (χ0n) is 17.5. The molecule has 1 aromatic rings. The van der Waals surface area contributed by atoms with Gasteiger partial charge >= 0.3 is 0 Å². The first-order chi connectivity index (χ1) is 13.4. The van der Waals surface area contributed by atoms with Crippen LogP contribution >= 0.6 is 0 Å². The van der Waals surface area contributed by atoms with Crippen LogP contribution in [-0.4, -0.2) is 34.5 Å². The Morgan fingerprint density at radius 3 is 2.71 bits per heavy atom. The average molecular weight is 409 g/mol. The van der Waals surface area contributed by atoms with Gasteiger partial charge < -0.3 is 10.6 Å². The Labute approximate surface area is 170 Å². The minimum absolute atomic E-state index is 0.0147. The van der Waals surface area contributed by atoms with Crippen LogP contribution in [-0.2, 0) is 22.3 Å². The van der Waals surface area contributed by atoms with Crippen LogP contribution in [0.25, 0.3) is 0 Å². The smallest absolute Gasteiger partial charge is 0.215 e. The van der Waals surface area contributed by atoms with Crippen molar-refractivity contribution in [2.24, 2.45) is 16.8 Å². The average Bonchev–Trinajstić information content (AvgIpc) is 2.66. The monoisotopic (exact) mass is 408 g/mol. The topological polar surface area (TPSA) is 82.6 Å². The van der Waals surface area contributed by atoms with Crippen LogP contribution in [0.1, 0.15) is 57.1 Å². The Morgan fingerprint density at radius 2 is 2.00 bits per heavy atom. The summed E-state index contributed by atoms with van der Waals surface area (Å²) in [6, 6.07) is 7.60.